The van der Waals surface area contributed by atoms with Crippen LogP contribution in [0.5, 0.6) is 0 Å². The fraction of sp³-hybridized carbons (Fsp3) is 0.667. The molecule has 0 aliphatic heterocycles. The lowest BCUT2D eigenvalue weighted by Crippen LogP contribution is -2.41. The van der Waals surface area contributed by atoms with Gasteiger partial charge in [-0.2, -0.15) is 0 Å². The molecule has 120 valence electrons. The Morgan fingerprint density at radius 2 is 1.86 bits per heavy atom. The first kappa shape index (κ1) is 18.1. The number of hydrogen-bond donors (Lipinski definition) is 1. The number of rotatable bonds is 9. The molecule has 1 N–H and O–H groups in total. The summed E-state index contributed by atoms with van der Waals surface area (Å²) in [6, 6.07) is 9.73. The van der Waals surface area contributed by atoms with Crippen molar-refractivity contribution in [3.05, 3.63) is 35.4 Å². The molecule has 0 saturated carbocycles. The van der Waals surface area contributed by atoms with E-state index in [4.69, 9.17) is 0 Å². The van der Waals surface area contributed by atoms with Gasteiger partial charge in [-0.05, 0) is 59.1 Å². The van der Waals surface area contributed by atoms with Gasteiger partial charge in [0.2, 0.25) is 0 Å². The summed E-state index contributed by atoms with van der Waals surface area (Å²) in [5.74, 6) is 0. The molecular formula is C18H33N3. The second kappa shape index (κ2) is 9.19. The topological polar surface area (TPSA) is 18.5 Å². The van der Waals surface area contributed by atoms with Gasteiger partial charge >= 0.3 is 0 Å². The van der Waals surface area contributed by atoms with Gasteiger partial charge in [0.1, 0.15) is 0 Å². The molecule has 1 aromatic rings. The van der Waals surface area contributed by atoms with E-state index in [1.54, 1.807) is 0 Å². The Hall–Kier alpha value is -0.900. The molecule has 0 saturated heterocycles. The highest BCUT2D eigenvalue weighted by Crippen LogP contribution is 2.20. The zero-order chi connectivity index (χ0) is 15.8. The maximum atomic E-state index is 3.48. The Balaban J connectivity index is 2.63. The van der Waals surface area contributed by atoms with E-state index in [-0.39, 0.29) is 0 Å². The lowest BCUT2D eigenvalue weighted by molar-refractivity contribution is 0.174. The lowest BCUT2D eigenvalue weighted by atomic mass is 9.98. The molecule has 0 amide bonds. The van der Waals surface area contributed by atoms with Gasteiger partial charge in [-0.3, -0.25) is 4.90 Å². The molecule has 0 bridgehead atoms. The monoisotopic (exact) mass is 291 g/mol. The molecule has 0 aliphatic carbocycles. The Labute approximate surface area is 131 Å². The van der Waals surface area contributed by atoms with E-state index < -0.39 is 0 Å². The Morgan fingerprint density at radius 1 is 1.19 bits per heavy atom. The van der Waals surface area contributed by atoms with Crippen LogP contribution < -0.4 is 5.32 Å². The third-order valence-corrected chi connectivity index (χ3v) is 4.28. The fourth-order valence-corrected chi connectivity index (χ4v) is 3.06. The van der Waals surface area contributed by atoms with Gasteiger partial charge in [0.25, 0.3) is 0 Å². The molecule has 0 aliphatic rings. The third-order valence-electron chi connectivity index (χ3n) is 4.28. The molecule has 0 spiro atoms. The molecule has 1 rings (SSSR count). The molecule has 21 heavy (non-hydrogen) atoms. The van der Waals surface area contributed by atoms with Crippen molar-refractivity contribution in [3.63, 3.8) is 0 Å². The van der Waals surface area contributed by atoms with Crippen LogP contribution in [0.2, 0.25) is 0 Å². The summed E-state index contributed by atoms with van der Waals surface area (Å²) in [4.78, 5) is 4.84. The molecule has 2 atom stereocenters. The van der Waals surface area contributed by atoms with E-state index in [1.807, 2.05) is 0 Å². The van der Waals surface area contributed by atoms with E-state index in [1.165, 1.54) is 11.1 Å². The number of nitrogens with zero attached hydrogens (tertiary/aromatic N) is 2. The predicted octanol–water partition coefficient (Wildman–Crippen LogP) is 2.92. The van der Waals surface area contributed by atoms with Gasteiger partial charge < -0.3 is 10.2 Å². The molecule has 0 fully saturated rings. The van der Waals surface area contributed by atoms with E-state index in [0.29, 0.717) is 12.1 Å². The van der Waals surface area contributed by atoms with Crippen molar-refractivity contribution in [2.24, 2.45) is 0 Å². The van der Waals surface area contributed by atoms with Gasteiger partial charge in [-0.25, -0.2) is 0 Å². The molecule has 0 radical (unpaired) electrons. The average Bonchev–Trinajstić information content (AvgIpc) is 2.44. The molecule has 3 heteroatoms. The van der Waals surface area contributed by atoms with Crippen LogP contribution in [-0.2, 0) is 0 Å². The van der Waals surface area contributed by atoms with Crippen LogP contribution in [0.25, 0.3) is 0 Å². The van der Waals surface area contributed by atoms with Crippen LogP contribution in [0.15, 0.2) is 24.3 Å². The van der Waals surface area contributed by atoms with Gasteiger partial charge in [0.15, 0.2) is 0 Å². The van der Waals surface area contributed by atoms with Gasteiger partial charge in [-0.15, -0.1) is 0 Å². The summed E-state index contributed by atoms with van der Waals surface area (Å²) in [6.45, 7) is 10.1. The third kappa shape index (κ3) is 5.77. The SMILES string of the molecule is CCN(CCC(NC)c1ccccc1C)C(C)CN(C)C. The molecule has 0 aromatic heterocycles. The number of benzene rings is 1. The fourth-order valence-electron chi connectivity index (χ4n) is 3.06. The van der Waals surface area contributed by atoms with Crippen LogP contribution >= 0.6 is 0 Å². The highest BCUT2D eigenvalue weighted by atomic mass is 15.2. The number of hydrogen-bond acceptors (Lipinski definition) is 3. The Morgan fingerprint density at radius 3 is 2.38 bits per heavy atom. The minimum atomic E-state index is 0.437. The van der Waals surface area contributed by atoms with Crippen LogP contribution in [-0.4, -0.2) is 56.6 Å². The standard InChI is InChI=1S/C18H33N3/c1-7-21(16(3)14-20(5)6)13-12-18(19-4)17-11-9-8-10-15(17)2/h8-11,16,18-19H,7,12-14H2,1-6H3. The van der Waals surface area contributed by atoms with E-state index >= 15 is 0 Å². The van der Waals surface area contributed by atoms with Gasteiger partial charge in [0.05, 0.1) is 0 Å². The van der Waals surface area contributed by atoms with Gasteiger partial charge in [-0.1, -0.05) is 31.2 Å². The average molecular weight is 291 g/mol. The molecule has 2 unspecified atom stereocenters. The predicted molar refractivity (Wildman–Crippen MR) is 92.9 cm³/mol. The number of likely N-dealkylation sites (N-methyl/N-ethyl adjacent to an activating group) is 2. The largest absolute Gasteiger partial charge is 0.313 e. The first-order valence-corrected chi connectivity index (χ1v) is 8.11. The van der Waals surface area contributed by atoms with Crippen molar-refractivity contribution >= 4 is 0 Å². The molecule has 0 heterocycles. The summed E-state index contributed by atoms with van der Waals surface area (Å²) in [6.07, 6.45) is 1.15. The van der Waals surface area contributed by atoms with E-state index in [9.17, 15) is 0 Å². The highest BCUT2D eigenvalue weighted by Gasteiger charge is 2.16. The molecule has 3 nitrogen and oxygen atoms in total. The normalized spacial score (nSPS) is 14.7. The highest BCUT2D eigenvalue weighted by molar-refractivity contribution is 5.28. The summed E-state index contributed by atoms with van der Waals surface area (Å²) in [5.41, 5.74) is 2.80. The minimum Gasteiger partial charge on any atom is -0.313 e. The second-order valence-electron chi connectivity index (χ2n) is 6.23. The van der Waals surface area contributed by atoms with E-state index in [2.05, 4.69) is 81.3 Å². The Kier molecular flexibility index (Phi) is 7.94. The van der Waals surface area contributed by atoms with Crippen LogP contribution in [0.3, 0.4) is 0 Å². The number of nitrogens with one attached hydrogen (secondary N) is 1. The molecule has 1 aromatic carbocycles. The smallest absolute Gasteiger partial charge is 0.0332 e. The van der Waals surface area contributed by atoms with Gasteiger partial charge in [0, 0.05) is 25.2 Å². The maximum absolute atomic E-state index is 3.48. The second-order valence-corrected chi connectivity index (χ2v) is 6.23. The first-order chi connectivity index (χ1) is 9.99. The lowest BCUT2D eigenvalue weighted by Gasteiger charge is -2.31. The summed E-state index contributed by atoms with van der Waals surface area (Å²) in [5, 5.41) is 3.48. The first-order valence-electron chi connectivity index (χ1n) is 8.11. The summed E-state index contributed by atoms with van der Waals surface area (Å²) < 4.78 is 0. The van der Waals surface area contributed by atoms with Crippen molar-refractivity contribution in [3.8, 4) is 0 Å². The zero-order valence-electron chi connectivity index (χ0n) is 14.7. The van der Waals surface area contributed by atoms with Crippen molar-refractivity contribution in [2.75, 3.05) is 40.8 Å². The van der Waals surface area contributed by atoms with Crippen LogP contribution in [0.4, 0.5) is 0 Å². The van der Waals surface area contributed by atoms with Crippen molar-refractivity contribution in [1.82, 2.24) is 15.1 Å². The Bertz CT molecular complexity index is 403. The van der Waals surface area contributed by atoms with Crippen LogP contribution in [0.1, 0.15) is 37.4 Å². The number of aryl methyl sites for hydroxylation is 1. The molecular weight excluding hydrogens is 258 g/mol. The zero-order valence-corrected chi connectivity index (χ0v) is 14.7. The summed E-state index contributed by atoms with van der Waals surface area (Å²) >= 11 is 0. The van der Waals surface area contributed by atoms with Crippen molar-refractivity contribution in [1.29, 1.82) is 0 Å². The van der Waals surface area contributed by atoms with E-state index in [0.717, 1.165) is 26.1 Å². The quantitative estimate of drug-likeness (QED) is 0.755. The minimum absolute atomic E-state index is 0.437. The van der Waals surface area contributed by atoms with Crippen molar-refractivity contribution < 1.29 is 0 Å². The summed E-state index contributed by atoms with van der Waals surface area (Å²) in [7, 11) is 6.36. The van der Waals surface area contributed by atoms with Crippen molar-refractivity contribution in [2.45, 2.75) is 39.3 Å². The van der Waals surface area contributed by atoms with Crippen LogP contribution in [0, 0.1) is 6.92 Å². The maximum Gasteiger partial charge on any atom is 0.0332 e.